The van der Waals surface area contributed by atoms with Crippen LogP contribution in [0.2, 0.25) is 5.02 Å². The van der Waals surface area contributed by atoms with Crippen molar-refractivity contribution in [3.63, 3.8) is 0 Å². The van der Waals surface area contributed by atoms with Gasteiger partial charge in [0.2, 0.25) is 0 Å². The number of aromatic hydroxyl groups is 1. The van der Waals surface area contributed by atoms with Gasteiger partial charge in [-0.1, -0.05) is 29.8 Å². The quantitative estimate of drug-likeness (QED) is 0.359. The Balaban J connectivity index is 1.88. The van der Waals surface area contributed by atoms with Crippen molar-refractivity contribution in [3.05, 3.63) is 79.7 Å². The Morgan fingerprint density at radius 3 is 2.72 bits per heavy atom. The predicted octanol–water partition coefficient (Wildman–Crippen LogP) is 2.95. The zero-order valence-corrected chi connectivity index (χ0v) is 15.7. The van der Waals surface area contributed by atoms with Crippen LogP contribution in [0.25, 0.3) is 5.69 Å². The molecule has 0 saturated heterocycles. The van der Waals surface area contributed by atoms with Crippen LogP contribution in [-0.4, -0.2) is 33.1 Å². The van der Waals surface area contributed by atoms with Crippen molar-refractivity contribution in [1.29, 1.82) is 0 Å². The SMILES string of the molecule is COc1cc([N+](=O)[O-])cc(/C=N/Nc2cnn(-c3ccccc3)c(=O)c2Cl)c1O. The van der Waals surface area contributed by atoms with E-state index in [0.29, 0.717) is 5.69 Å². The number of phenolic OH excluding ortho intramolecular Hbond substituents is 1. The number of anilines is 1. The second-order valence-corrected chi connectivity index (χ2v) is 6.02. The van der Waals surface area contributed by atoms with Crippen LogP contribution < -0.4 is 15.7 Å². The maximum Gasteiger partial charge on any atom is 0.292 e. The number of methoxy groups -OCH3 is 1. The lowest BCUT2D eigenvalue weighted by Gasteiger charge is -2.08. The molecular weight excluding hydrogens is 402 g/mol. The molecule has 0 amide bonds. The summed E-state index contributed by atoms with van der Waals surface area (Å²) in [6, 6.07) is 10.9. The molecule has 0 spiro atoms. The van der Waals surface area contributed by atoms with E-state index >= 15 is 0 Å². The number of hydrogen-bond acceptors (Lipinski definition) is 8. The van der Waals surface area contributed by atoms with Gasteiger partial charge < -0.3 is 9.84 Å². The molecule has 3 aromatic rings. The van der Waals surface area contributed by atoms with Gasteiger partial charge in [0.15, 0.2) is 11.5 Å². The fraction of sp³-hybridized carbons (Fsp3) is 0.0556. The predicted molar refractivity (Wildman–Crippen MR) is 107 cm³/mol. The molecule has 0 radical (unpaired) electrons. The number of hydrogen-bond donors (Lipinski definition) is 2. The number of ether oxygens (including phenoxy) is 1. The number of phenols is 1. The smallest absolute Gasteiger partial charge is 0.292 e. The number of rotatable bonds is 6. The average molecular weight is 416 g/mol. The number of benzene rings is 2. The summed E-state index contributed by atoms with van der Waals surface area (Å²) >= 11 is 6.11. The van der Waals surface area contributed by atoms with Gasteiger partial charge in [-0.3, -0.25) is 20.3 Å². The molecule has 0 aliphatic carbocycles. The molecule has 0 fully saturated rings. The number of non-ortho nitro benzene ring substituents is 1. The van der Waals surface area contributed by atoms with Gasteiger partial charge in [0.05, 0.1) is 36.2 Å². The van der Waals surface area contributed by atoms with Gasteiger partial charge >= 0.3 is 0 Å². The maximum absolute atomic E-state index is 12.4. The highest BCUT2D eigenvalue weighted by atomic mass is 35.5. The molecule has 29 heavy (non-hydrogen) atoms. The molecule has 0 aliphatic rings. The van der Waals surface area contributed by atoms with E-state index in [0.717, 1.165) is 23.0 Å². The van der Waals surface area contributed by atoms with Crippen molar-refractivity contribution in [2.24, 2.45) is 5.10 Å². The van der Waals surface area contributed by atoms with Crippen LogP contribution in [0, 0.1) is 10.1 Å². The maximum atomic E-state index is 12.4. The highest BCUT2D eigenvalue weighted by Crippen LogP contribution is 2.33. The summed E-state index contributed by atoms with van der Waals surface area (Å²) in [7, 11) is 1.27. The molecular formula is C18H14ClN5O5. The third-order valence-corrected chi connectivity index (χ3v) is 4.19. The highest BCUT2D eigenvalue weighted by Gasteiger charge is 2.16. The van der Waals surface area contributed by atoms with Crippen LogP contribution in [0.5, 0.6) is 11.5 Å². The number of nitrogens with zero attached hydrogens (tertiary/aromatic N) is 4. The van der Waals surface area contributed by atoms with Crippen molar-refractivity contribution < 1.29 is 14.8 Å². The first-order valence-electron chi connectivity index (χ1n) is 8.10. The van der Waals surface area contributed by atoms with Crippen molar-refractivity contribution in [2.45, 2.75) is 0 Å². The van der Waals surface area contributed by atoms with Gasteiger partial charge in [0, 0.05) is 11.6 Å². The lowest BCUT2D eigenvalue weighted by molar-refractivity contribution is -0.385. The van der Waals surface area contributed by atoms with Gasteiger partial charge in [0.1, 0.15) is 10.7 Å². The number of para-hydroxylation sites is 1. The fourth-order valence-electron chi connectivity index (χ4n) is 2.41. The van der Waals surface area contributed by atoms with E-state index in [1.54, 1.807) is 30.3 Å². The van der Waals surface area contributed by atoms with Crippen LogP contribution in [0.15, 0.2) is 58.6 Å². The van der Waals surface area contributed by atoms with Crippen molar-refractivity contribution in [2.75, 3.05) is 12.5 Å². The van der Waals surface area contributed by atoms with E-state index < -0.39 is 10.5 Å². The van der Waals surface area contributed by atoms with Crippen molar-refractivity contribution >= 4 is 29.2 Å². The van der Waals surface area contributed by atoms with E-state index in [1.807, 2.05) is 0 Å². The number of hydrazone groups is 1. The van der Waals surface area contributed by atoms with Crippen LogP contribution >= 0.6 is 11.6 Å². The molecule has 0 bridgehead atoms. The van der Waals surface area contributed by atoms with E-state index in [2.05, 4.69) is 15.6 Å². The van der Waals surface area contributed by atoms with Crippen LogP contribution in [0.3, 0.4) is 0 Å². The minimum Gasteiger partial charge on any atom is -0.504 e. The lowest BCUT2D eigenvalue weighted by atomic mass is 10.2. The summed E-state index contributed by atoms with van der Waals surface area (Å²) in [4.78, 5) is 22.8. The van der Waals surface area contributed by atoms with Gasteiger partial charge in [-0.25, -0.2) is 0 Å². The Bertz CT molecular complexity index is 1150. The molecule has 2 N–H and O–H groups in total. The molecule has 0 aliphatic heterocycles. The average Bonchev–Trinajstić information content (AvgIpc) is 2.72. The molecule has 0 atom stereocenters. The first-order chi connectivity index (χ1) is 13.9. The molecule has 0 saturated carbocycles. The summed E-state index contributed by atoms with van der Waals surface area (Å²) in [6.45, 7) is 0. The van der Waals surface area contributed by atoms with Crippen LogP contribution in [0.1, 0.15) is 5.56 Å². The topological polar surface area (TPSA) is 132 Å². The Hall–Kier alpha value is -3.92. The number of aromatic nitrogens is 2. The van der Waals surface area contributed by atoms with Crippen molar-refractivity contribution in [3.8, 4) is 17.2 Å². The molecule has 0 unspecified atom stereocenters. The third-order valence-electron chi connectivity index (χ3n) is 3.83. The summed E-state index contributed by atoms with van der Waals surface area (Å²) in [5, 5.41) is 28.9. The van der Waals surface area contributed by atoms with Gasteiger partial charge in [-0.15, -0.1) is 0 Å². The van der Waals surface area contributed by atoms with E-state index in [4.69, 9.17) is 16.3 Å². The van der Waals surface area contributed by atoms with E-state index in [9.17, 15) is 20.0 Å². The second-order valence-electron chi connectivity index (χ2n) is 5.64. The van der Waals surface area contributed by atoms with Gasteiger partial charge in [-0.2, -0.15) is 14.9 Å². The normalized spacial score (nSPS) is 10.8. The standard InChI is InChI=1S/C18H14ClN5O5/c1-29-15-8-13(24(27)28)7-11(17(15)25)9-20-22-14-10-21-23(18(26)16(14)19)12-5-3-2-4-6-12/h2-10,22,25H,1H3/b20-9+. The monoisotopic (exact) mass is 415 g/mol. The molecule has 148 valence electrons. The Kier molecular flexibility index (Phi) is 5.74. The Morgan fingerprint density at radius 1 is 1.34 bits per heavy atom. The van der Waals surface area contributed by atoms with E-state index in [-0.39, 0.29) is 33.5 Å². The van der Waals surface area contributed by atoms with Crippen molar-refractivity contribution in [1.82, 2.24) is 9.78 Å². The highest BCUT2D eigenvalue weighted by molar-refractivity contribution is 6.32. The van der Waals surface area contributed by atoms with Gasteiger partial charge in [0.25, 0.3) is 11.2 Å². The Morgan fingerprint density at radius 2 is 2.07 bits per heavy atom. The molecule has 1 aromatic heterocycles. The summed E-state index contributed by atoms with van der Waals surface area (Å²) in [6.07, 6.45) is 2.44. The summed E-state index contributed by atoms with van der Waals surface area (Å²) in [5.74, 6) is -0.404. The first-order valence-corrected chi connectivity index (χ1v) is 8.48. The summed E-state index contributed by atoms with van der Waals surface area (Å²) in [5.41, 5.74) is 2.39. The molecule has 10 nitrogen and oxygen atoms in total. The minimum absolute atomic E-state index is 0.0326. The third kappa shape index (κ3) is 4.17. The number of nitro groups is 1. The molecule has 1 heterocycles. The lowest BCUT2D eigenvalue weighted by Crippen LogP contribution is -2.22. The fourth-order valence-corrected chi connectivity index (χ4v) is 2.58. The first kappa shape index (κ1) is 19.8. The number of nitrogens with one attached hydrogen (secondary N) is 1. The number of nitro benzene ring substituents is 1. The van der Waals surface area contributed by atoms with Gasteiger partial charge in [-0.05, 0) is 12.1 Å². The minimum atomic E-state index is -0.628. The molecule has 11 heteroatoms. The van der Waals surface area contributed by atoms with E-state index in [1.165, 1.54) is 13.3 Å². The van der Waals surface area contributed by atoms with Crippen LogP contribution in [-0.2, 0) is 0 Å². The number of halogens is 1. The molecule has 2 aromatic carbocycles. The zero-order chi connectivity index (χ0) is 21.0. The van der Waals surface area contributed by atoms with Crippen LogP contribution in [0.4, 0.5) is 11.4 Å². The Labute approximate surface area is 168 Å². The molecule has 3 rings (SSSR count). The second kappa shape index (κ2) is 8.40. The zero-order valence-electron chi connectivity index (χ0n) is 14.9. The largest absolute Gasteiger partial charge is 0.504 e. The summed E-state index contributed by atoms with van der Waals surface area (Å²) < 4.78 is 6.05.